The Morgan fingerprint density at radius 3 is 2.62 bits per heavy atom. The molecule has 8 heteroatoms. The fraction of sp³-hybridized carbons (Fsp3) is 0.111. The maximum Gasteiger partial charge on any atom is 0.311 e. The van der Waals surface area contributed by atoms with Gasteiger partial charge in [0, 0.05) is 11.6 Å². The van der Waals surface area contributed by atoms with Gasteiger partial charge >= 0.3 is 5.69 Å². The molecule has 0 spiro atoms. The second-order valence-corrected chi connectivity index (χ2v) is 6.66. The van der Waals surface area contributed by atoms with Crippen LogP contribution in [0.25, 0.3) is 6.08 Å². The molecule has 132 valence electrons. The lowest BCUT2D eigenvalue weighted by atomic mass is 10.1. The van der Waals surface area contributed by atoms with Gasteiger partial charge in [0.1, 0.15) is 0 Å². The summed E-state index contributed by atoms with van der Waals surface area (Å²) in [4.78, 5) is 36.2. The Hall–Kier alpha value is -3.13. The van der Waals surface area contributed by atoms with Crippen LogP contribution < -0.4 is 0 Å². The minimum atomic E-state index is -0.712. The molecule has 1 saturated heterocycles. The molecule has 2 amide bonds. The van der Waals surface area contributed by atoms with Crippen molar-refractivity contribution in [2.45, 2.75) is 13.5 Å². The number of aromatic hydroxyl groups is 1. The smallest absolute Gasteiger partial charge is 0.311 e. The first-order valence-electron chi connectivity index (χ1n) is 7.64. The fourth-order valence-corrected chi connectivity index (χ4v) is 3.38. The minimum absolute atomic E-state index is 0.111. The maximum atomic E-state index is 12.6. The number of phenolic OH excluding ortho intramolecular Hbond substituents is 1. The van der Waals surface area contributed by atoms with Crippen molar-refractivity contribution in [2.24, 2.45) is 0 Å². The largest absolute Gasteiger partial charge is 0.502 e. The lowest BCUT2D eigenvalue weighted by Gasteiger charge is -2.14. The Labute approximate surface area is 153 Å². The molecule has 2 aromatic rings. The fourth-order valence-electron chi connectivity index (χ4n) is 2.55. The second-order valence-electron chi connectivity index (χ2n) is 5.67. The molecule has 1 aliphatic rings. The third-order valence-corrected chi connectivity index (χ3v) is 4.90. The van der Waals surface area contributed by atoms with E-state index in [1.165, 1.54) is 18.2 Å². The lowest BCUT2D eigenvalue weighted by Crippen LogP contribution is -2.27. The summed E-state index contributed by atoms with van der Waals surface area (Å²) in [6.45, 7) is 2.04. The van der Waals surface area contributed by atoms with Crippen LogP contribution in [0.4, 0.5) is 10.5 Å². The number of para-hydroxylation sites is 1. The van der Waals surface area contributed by atoms with Crippen LogP contribution >= 0.6 is 11.8 Å². The summed E-state index contributed by atoms with van der Waals surface area (Å²) >= 11 is 0.742. The number of imide groups is 1. The Kier molecular flexibility index (Phi) is 4.77. The number of phenols is 1. The highest BCUT2D eigenvalue weighted by Crippen LogP contribution is 2.37. The molecular formula is C18H14N2O5S. The number of benzene rings is 2. The Bertz CT molecular complexity index is 954. The van der Waals surface area contributed by atoms with E-state index in [1.807, 2.05) is 31.2 Å². The molecular weight excluding hydrogens is 356 g/mol. The van der Waals surface area contributed by atoms with Gasteiger partial charge in [-0.05, 0) is 35.9 Å². The molecule has 0 saturated carbocycles. The first-order valence-corrected chi connectivity index (χ1v) is 8.46. The molecule has 0 bridgehead atoms. The van der Waals surface area contributed by atoms with E-state index < -0.39 is 27.5 Å². The summed E-state index contributed by atoms with van der Waals surface area (Å²) in [5.41, 5.74) is 1.47. The van der Waals surface area contributed by atoms with E-state index in [0.717, 1.165) is 33.9 Å². The van der Waals surface area contributed by atoms with Gasteiger partial charge in [-0.3, -0.25) is 24.6 Å². The molecule has 26 heavy (non-hydrogen) atoms. The van der Waals surface area contributed by atoms with Gasteiger partial charge in [-0.15, -0.1) is 0 Å². The van der Waals surface area contributed by atoms with Crippen LogP contribution in [0.1, 0.15) is 16.7 Å². The number of nitro benzene ring substituents is 1. The standard InChI is InChI=1S/C18H14N2O5S/c1-11-5-2-3-6-13(11)10-19-17(22)15(26-18(19)23)9-12-7-4-8-14(16(12)21)20(24)25/h2-9,21H,10H2,1H3/b15-9-. The summed E-state index contributed by atoms with van der Waals surface area (Å²) in [5, 5.41) is 20.5. The van der Waals surface area contributed by atoms with Gasteiger partial charge in [-0.2, -0.15) is 0 Å². The molecule has 0 aromatic heterocycles. The number of amides is 2. The van der Waals surface area contributed by atoms with E-state index in [2.05, 4.69) is 0 Å². The number of carbonyl (C=O) groups is 2. The van der Waals surface area contributed by atoms with Gasteiger partial charge in [0.2, 0.25) is 5.75 Å². The summed E-state index contributed by atoms with van der Waals surface area (Å²) in [7, 11) is 0. The van der Waals surface area contributed by atoms with Crippen LogP contribution in [-0.4, -0.2) is 26.1 Å². The molecule has 1 N–H and O–H groups in total. The van der Waals surface area contributed by atoms with Crippen LogP contribution in [0.15, 0.2) is 47.4 Å². The van der Waals surface area contributed by atoms with Crippen LogP contribution in [0, 0.1) is 17.0 Å². The third-order valence-electron chi connectivity index (χ3n) is 3.99. The number of thioether (sulfide) groups is 1. The van der Waals surface area contributed by atoms with Crippen LogP contribution in [-0.2, 0) is 11.3 Å². The average molecular weight is 370 g/mol. The normalized spacial score (nSPS) is 15.7. The highest BCUT2D eigenvalue weighted by molar-refractivity contribution is 8.18. The minimum Gasteiger partial charge on any atom is -0.502 e. The van der Waals surface area contributed by atoms with Gasteiger partial charge in [-0.25, -0.2) is 0 Å². The molecule has 0 radical (unpaired) electrons. The predicted molar refractivity (Wildman–Crippen MR) is 97.5 cm³/mol. The van der Waals surface area contributed by atoms with E-state index in [1.54, 1.807) is 0 Å². The molecule has 0 unspecified atom stereocenters. The van der Waals surface area contributed by atoms with Gasteiger partial charge in [0.15, 0.2) is 0 Å². The summed E-state index contributed by atoms with van der Waals surface area (Å²) in [5.74, 6) is -1.03. The van der Waals surface area contributed by atoms with Gasteiger partial charge in [0.25, 0.3) is 11.1 Å². The van der Waals surface area contributed by atoms with E-state index in [0.29, 0.717) is 0 Å². The van der Waals surface area contributed by atoms with Crippen molar-refractivity contribution in [3.8, 4) is 5.75 Å². The number of nitrogens with zero attached hydrogens (tertiary/aromatic N) is 2. The van der Waals surface area contributed by atoms with Gasteiger partial charge in [-0.1, -0.05) is 36.4 Å². The molecule has 1 heterocycles. The van der Waals surface area contributed by atoms with Crippen molar-refractivity contribution in [3.05, 3.63) is 74.2 Å². The van der Waals surface area contributed by atoms with Gasteiger partial charge < -0.3 is 5.11 Å². The highest BCUT2D eigenvalue weighted by atomic mass is 32.2. The summed E-state index contributed by atoms with van der Waals surface area (Å²) in [6, 6.07) is 11.4. The Balaban J connectivity index is 1.90. The number of aryl methyl sites for hydroxylation is 1. The summed E-state index contributed by atoms with van der Waals surface area (Å²) in [6.07, 6.45) is 1.30. The topological polar surface area (TPSA) is 101 Å². The molecule has 0 atom stereocenters. The Morgan fingerprint density at radius 2 is 1.92 bits per heavy atom. The van der Waals surface area contributed by atoms with Crippen molar-refractivity contribution < 1.29 is 19.6 Å². The molecule has 1 fully saturated rings. The van der Waals surface area contributed by atoms with Gasteiger partial charge in [0.05, 0.1) is 16.4 Å². The summed E-state index contributed by atoms with van der Waals surface area (Å²) < 4.78 is 0. The quantitative estimate of drug-likeness (QED) is 0.498. The first kappa shape index (κ1) is 17.7. The van der Waals surface area contributed by atoms with Crippen LogP contribution in [0.5, 0.6) is 5.75 Å². The molecule has 0 aliphatic carbocycles. The third kappa shape index (κ3) is 3.31. The number of hydrogen-bond acceptors (Lipinski definition) is 6. The van der Waals surface area contributed by atoms with Crippen LogP contribution in [0.2, 0.25) is 0 Å². The van der Waals surface area contributed by atoms with Crippen molar-refractivity contribution >= 4 is 34.7 Å². The molecule has 3 rings (SSSR count). The van der Waals surface area contributed by atoms with E-state index in [9.17, 15) is 24.8 Å². The zero-order valence-electron chi connectivity index (χ0n) is 13.7. The van der Waals surface area contributed by atoms with Crippen molar-refractivity contribution in [1.29, 1.82) is 0 Å². The van der Waals surface area contributed by atoms with Crippen molar-refractivity contribution in [3.63, 3.8) is 0 Å². The molecule has 7 nitrogen and oxygen atoms in total. The zero-order valence-corrected chi connectivity index (χ0v) is 14.5. The van der Waals surface area contributed by atoms with E-state index in [-0.39, 0.29) is 17.0 Å². The van der Waals surface area contributed by atoms with E-state index in [4.69, 9.17) is 0 Å². The van der Waals surface area contributed by atoms with E-state index >= 15 is 0 Å². The number of carbonyl (C=O) groups excluding carboxylic acids is 2. The maximum absolute atomic E-state index is 12.6. The Morgan fingerprint density at radius 1 is 1.19 bits per heavy atom. The highest BCUT2D eigenvalue weighted by Gasteiger charge is 2.35. The average Bonchev–Trinajstić information content (AvgIpc) is 2.86. The monoisotopic (exact) mass is 370 g/mol. The second kappa shape index (κ2) is 7.01. The van der Waals surface area contributed by atoms with Crippen molar-refractivity contribution in [1.82, 2.24) is 4.90 Å². The van der Waals surface area contributed by atoms with Crippen LogP contribution in [0.3, 0.4) is 0 Å². The first-order chi connectivity index (χ1) is 12.4. The molecule has 1 aliphatic heterocycles. The number of nitro groups is 1. The lowest BCUT2D eigenvalue weighted by molar-refractivity contribution is -0.385. The van der Waals surface area contributed by atoms with Crippen molar-refractivity contribution in [2.75, 3.05) is 0 Å². The molecule has 2 aromatic carbocycles. The SMILES string of the molecule is Cc1ccccc1CN1C(=O)S/C(=C\c2cccc([N+](=O)[O-])c2O)C1=O. The predicted octanol–water partition coefficient (Wildman–Crippen LogP) is 3.85. The number of rotatable bonds is 4. The number of hydrogen-bond donors (Lipinski definition) is 1. The zero-order chi connectivity index (χ0) is 18.8.